The minimum absolute atomic E-state index is 0.0343. The molecule has 7 nitrogen and oxygen atoms in total. The van der Waals surface area contributed by atoms with Gasteiger partial charge in [0.15, 0.2) is 0 Å². The standard InChI is InChI=1S/C19H22N4O3S2/c1-11(2)23-18(25)15(28-19(23)27)9-13-12(3)14(10-20)17(24)21(4)16(13)22-5-7-26-8-6-22/h9,11H,5-8H2,1-4H3/b15-9+. The molecule has 2 aliphatic heterocycles. The molecular formula is C19H22N4O3S2. The van der Waals surface area contributed by atoms with Crippen LogP contribution in [0.15, 0.2) is 9.70 Å². The molecule has 1 aromatic rings. The third-order valence-corrected chi connectivity index (χ3v) is 6.22. The van der Waals surface area contributed by atoms with Crippen LogP contribution in [0.5, 0.6) is 0 Å². The number of nitriles is 1. The predicted octanol–water partition coefficient (Wildman–Crippen LogP) is 2.01. The molecule has 2 fully saturated rings. The normalized spacial score (nSPS) is 19.1. The van der Waals surface area contributed by atoms with Crippen molar-refractivity contribution in [2.75, 3.05) is 31.2 Å². The minimum Gasteiger partial charge on any atom is -0.378 e. The van der Waals surface area contributed by atoms with E-state index < -0.39 is 0 Å². The number of thiocarbonyl (C=S) groups is 1. The Kier molecular flexibility index (Phi) is 5.93. The fraction of sp³-hybridized carbons (Fsp3) is 0.474. The lowest BCUT2D eigenvalue weighted by molar-refractivity contribution is -0.123. The second kappa shape index (κ2) is 8.07. The van der Waals surface area contributed by atoms with Crippen LogP contribution >= 0.6 is 24.0 Å². The Bertz CT molecular complexity index is 969. The first kappa shape index (κ1) is 20.6. The van der Waals surface area contributed by atoms with Crippen molar-refractivity contribution in [1.29, 1.82) is 5.26 Å². The van der Waals surface area contributed by atoms with E-state index in [0.29, 0.717) is 52.5 Å². The van der Waals surface area contributed by atoms with Gasteiger partial charge in [-0.05, 0) is 32.4 Å². The molecule has 0 bridgehead atoms. The van der Waals surface area contributed by atoms with Gasteiger partial charge in [-0.3, -0.25) is 19.1 Å². The maximum Gasteiger partial charge on any atom is 0.270 e. The van der Waals surface area contributed by atoms with Crippen LogP contribution in [0.25, 0.3) is 6.08 Å². The Labute approximate surface area is 173 Å². The fourth-order valence-electron chi connectivity index (χ4n) is 3.43. The summed E-state index contributed by atoms with van der Waals surface area (Å²) in [4.78, 5) is 29.7. The van der Waals surface area contributed by atoms with E-state index in [4.69, 9.17) is 17.0 Å². The van der Waals surface area contributed by atoms with Gasteiger partial charge in [0.2, 0.25) is 0 Å². The number of pyridine rings is 1. The van der Waals surface area contributed by atoms with E-state index in [1.54, 1.807) is 24.9 Å². The number of hydrogen-bond donors (Lipinski definition) is 0. The molecule has 0 aromatic carbocycles. The molecular weight excluding hydrogens is 396 g/mol. The number of amides is 1. The number of ether oxygens (including phenoxy) is 1. The molecule has 1 aromatic heterocycles. The highest BCUT2D eigenvalue weighted by Gasteiger charge is 2.34. The first-order valence-corrected chi connectivity index (χ1v) is 10.2. The zero-order valence-electron chi connectivity index (χ0n) is 16.3. The number of morpholine rings is 1. The predicted molar refractivity (Wildman–Crippen MR) is 114 cm³/mol. The number of rotatable bonds is 3. The van der Waals surface area contributed by atoms with Crippen molar-refractivity contribution >= 4 is 46.1 Å². The van der Waals surface area contributed by atoms with Crippen molar-refractivity contribution < 1.29 is 9.53 Å². The van der Waals surface area contributed by atoms with Gasteiger partial charge in [-0.1, -0.05) is 24.0 Å². The smallest absolute Gasteiger partial charge is 0.270 e. The van der Waals surface area contributed by atoms with Crippen LogP contribution in [0.4, 0.5) is 5.82 Å². The summed E-state index contributed by atoms with van der Waals surface area (Å²) in [6.07, 6.45) is 1.77. The van der Waals surface area contributed by atoms with Gasteiger partial charge in [-0.2, -0.15) is 5.26 Å². The molecule has 0 saturated carbocycles. The number of hydrogen-bond acceptors (Lipinski definition) is 7. The number of carbonyl (C=O) groups is 1. The molecule has 28 heavy (non-hydrogen) atoms. The van der Waals surface area contributed by atoms with Gasteiger partial charge in [0.1, 0.15) is 21.8 Å². The largest absolute Gasteiger partial charge is 0.378 e. The lowest BCUT2D eigenvalue weighted by atomic mass is 10.0. The first-order chi connectivity index (χ1) is 13.3. The monoisotopic (exact) mass is 418 g/mol. The van der Waals surface area contributed by atoms with Crippen molar-refractivity contribution in [1.82, 2.24) is 9.47 Å². The van der Waals surface area contributed by atoms with E-state index in [2.05, 4.69) is 4.90 Å². The van der Waals surface area contributed by atoms with Gasteiger partial charge in [0.05, 0.1) is 18.1 Å². The zero-order valence-corrected chi connectivity index (χ0v) is 17.9. The molecule has 148 valence electrons. The van der Waals surface area contributed by atoms with Crippen molar-refractivity contribution in [3.63, 3.8) is 0 Å². The number of thioether (sulfide) groups is 1. The van der Waals surface area contributed by atoms with Crippen LogP contribution in [-0.4, -0.2) is 52.0 Å². The third kappa shape index (κ3) is 3.48. The molecule has 1 amide bonds. The average Bonchev–Trinajstić information content (AvgIpc) is 2.94. The van der Waals surface area contributed by atoms with Gasteiger partial charge < -0.3 is 9.64 Å². The lowest BCUT2D eigenvalue weighted by Gasteiger charge is -2.32. The highest BCUT2D eigenvalue weighted by atomic mass is 32.2. The summed E-state index contributed by atoms with van der Waals surface area (Å²) in [6, 6.07) is 1.98. The van der Waals surface area contributed by atoms with Gasteiger partial charge in [0, 0.05) is 31.7 Å². The Hall–Kier alpha value is -2.15. The first-order valence-electron chi connectivity index (χ1n) is 9.01. The van der Waals surface area contributed by atoms with Crippen molar-refractivity contribution in [2.45, 2.75) is 26.8 Å². The molecule has 0 radical (unpaired) electrons. The highest BCUT2D eigenvalue weighted by molar-refractivity contribution is 8.26. The second-order valence-corrected chi connectivity index (χ2v) is 8.63. The third-order valence-electron chi connectivity index (χ3n) is 4.89. The topological polar surface area (TPSA) is 78.6 Å². The van der Waals surface area contributed by atoms with Crippen LogP contribution < -0.4 is 10.5 Å². The van der Waals surface area contributed by atoms with E-state index >= 15 is 0 Å². The van der Waals surface area contributed by atoms with Crippen molar-refractivity contribution in [3.8, 4) is 6.07 Å². The molecule has 0 N–H and O–H groups in total. The van der Waals surface area contributed by atoms with Crippen LogP contribution in [0, 0.1) is 18.3 Å². The quantitative estimate of drug-likeness (QED) is 0.549. The summed E-state index contributed by atoms with van der Waals surface area (Å²) in [5.41, 5.74) is 1.02. The fourth-order valence-corrected chi connectivity index (χ4v) is 4.93. The van der Waals surface area contributed by atoms with E-state index in [0.717, 1.165) is 0 Å². The summed E-state index contributed by atoms with van der Waals surface area (Å²) in [5.74, 6) is 0.546. The zero-order chi connectivity index (χ0) is 20.6. The van der Waals surface area contributed by atoms with Crippen LogP contribution in [-0.2, 0) is 16.6 Å². The number of nitrogens with zero attached hydrogens (tertiary/aromatic N) is 4. The summed E-state index contributed by atoms with van der Waals surface area (Å²) >= 11 is 6.61. The van der Waals surface area contributed by atoms with E-state index in [1.807, 2.05) is 19.9 Å². The van der Waals surface area contributed by atoms with E-state index in [-0.39, 0.29) is 23.1 Å². The molecule has 0 aliphatic carbocycles. The molecule has 3 rings (SSSR count). The maximum absolute atomic E-state index is 12.8. The Morgan fingerprint density at radius 1 is 1.29 bits per heavy atom. The van der Waals surface area contributed by atoms with Crippen molar-refractivity contribution in [3.05, 3.63) is 31.9 Å². The van der Waals surface area contributed by atoms with Gasteiger partial charge >= 0.3 is 0 Å². The molecule has 2 aliphatic rings. The van der Waals surface area contributed by atoms with Crippen LogP contribution in [0.3, 0.4) is 0 Å². The summed E-state index contributed by atoms with van der Waals surface area (Å²) in [6.45, 7) is 7.96. The summed E-state index contributed by atoms with van der Waals surface area (Å²) in [7, 11) is 1.66. The maximum atomic E-state index is 12.8. The lowest BCUT2D eigenvalue weighted by Crippen LogP contribution is -2.40. The number of aromatic nitrogens is 1. The molecule has 3 heterocycles. The summed E-state index contributed by atoms with van der Waals surface area (Å²) < 4.78 is 7.44. The second-order valence-electron chi connectivity index (χ2n) is 6.96. The number of anilines is 1. The van der Waals surface area contributed by atoms with Gasteiger partial charge in [0.25, 0.3) is 11.5 Å². The molecule has 2 saturated heterocycles. The SMILES string of the molecule is Cc1c(/C=C2/SC(=S)N(C(C)C)C2=O)c(N2CCOCC2)n(C)c(=O)c1C#N. The van der Waals surface area contributed by atoms with E-state index in [9.17, 15) is 14.9 Å². The van der Waals surface area contributed by atoms with Gasteiger partial charge in [-0.15, -0.1) is 0 Å². The Morgan fingerprint density at radius 2 is 1.93 bits per heavy atom. The molecule has 9 heteroatoms. The number of carbonyl (C=O) groups excluding carboxylic acids is 1. The van der Waals surface area contributed by atoms with Crippen LogP contribution in [0.1, 0.15) is 30.5 Å². The molecule has 0 spiro atoms. The van der Waals surface area contributed by atoms with E-state index in [1.165, 1.54) is 16.3 Å². The minimum atomic E-state index is -0.339. The highest BCUT2D eigenvalue weighted by Crippen LogP contribution is 2.36. The Balaban J connectivity index is 2.21. The summed E-state index contributed by atoms with van der Waals surface area (Å²) in [5, 5.41) is 9.50. The molecule has 0 atom stereocenters. The average molecular weight is 419 g/mol. The van der Waals surface area contributed by atoms with Crippen molar-refractivity contribution in [2.24, 2.45) is 7.05 Å². The van der Waals surface area contributed by atoms with Gasteiger partial charge in [-0.25, -0.2) is 0 Å². The van der Waals surface area contributed by atoms with Crippen LogP contribution in [0.2, 0.25) is 0 Å². The Morgan fingerprint density at radius 3 is 2.46 bits per heavy atom. The molecule has 0 unspecified atom stereocenters.